The number of aliphatic hydroxyl groups is 1. The summed E-state index contributed by atoms with van der Waals surface area (Å²) in [6.45, 7) is 6.44. The minimum absolute atomic E-state index is 0.0644. The summed E-state index contributed by atoms with van der Waals surface area (Å²) in [5.41, 5.74) is -0.721. The van der Waals surface area contributed by atoms with E-state index in [9.17, 15) is 9.90 Å². The first-order chi connectivity index (χ1) is 9.17. The van der Waals surface area contributed by atoms with Gasteiger partial charge in [-0.15, -0.1) is 0 Å². The molecule has 0 heterocycles. The zero-order chi connectivity index (χ0) is 14.6. The lowest BCUT2D eigenvalue weighted by atomic mass is 9.52. The SMILES string of the molecule is CC(C)(C)CCC(=O)OC12CC3CC(CC(O)(C3)C1)C2. The van der Waals surface area contributed by atoms with E-state index in [2.05, 4.69) is 20.8 Å². The topological polar surface area (TPSA) is 46.5 Å². The van der Waals surface area contributed by atoms with E-state index in [1.807, 2.05) is 0 Å². The van der Waals surface area contributed by atoms with Gasteiger partial charge in [0.25, 0.3) is 0 Å². The van der Waals surface area contributed by atoms with Gasteiger partial charge in [0.2, 0.25) is 0 Å². The molecule has 0 saturated heterocycles. The second kappa shape index (κ2) is 4.46. The van der Waals surface area contributed by atoms with Crippen LogP contribution in [0, 0.1) is 17.3 Å². The fraction of sp³-hybridized carbons (Fsp3) is 0.941. The van der Waals surface area contributed by atoms with Gasteiger partial charge in [-0.05, 0) is 55.8 Å². The molecule has 4 aliphatic carbocycles. The van der Waals surface area contributed by atoms with Crippen molar-refractivity contribution in [2.45, 2.75) is 83.3 Å². The third kappa shape index (κ3) is 2.88. The van der Waals surface area contributed by atoms with Crippen molar-refractivity contribution in [2.24, 2.45) is 17.3 Å². The minimum atomic E-state index is -0.547. The van der Waals surface area contributed by atoms with E-state index in [1.54, 1.807) is 0 Å². The van der Waals surface area contributed by atoms with Crippen LogP contribution < -0.4 is 0 Å². The highest BCUT2D eigenvalue weighted by Gasteiger charge is 2.59. The van der Waals surface area contributed by atoms with Crippen LogP contribution in [0.1, 0.15) is 72.1 Å². The van der Waals surface area contributed by atoms with Crippen molar-refractivity contribution in [3.05, 3.63) is 0 Å². The van der Waals surface area contributed by atoms with Gasteiger partial charge in [0, 0.05) is 12.8 Å². The Bertz CT molecular complexity index is 393. The Morgan fingerprint density at radius 1 is 1.20 bits per heavy atom. The number of carbonyl (C=O) groups is 1. The third-order valence-electron chi connectivity index (χ3n) is 5.39. The summed E-state index contributed by atoms with van der Waals surface area (Å²) in [4.78, 5) is 12.2. The van der Waals surface area contributed by atoms with Crippen LogP contribution in [0.5, 0.6) is 0 Å². The van der Waals surface area contributed by atoms with Crippen LogP contribution in [-0.2, 0) is 9.53 Å². The molecule has 4 rings (SSSR count). The molecule has 0 radical (unpaired) electrons. The van der Waals surface area contributed by atoms with E-state index in [-0.39, 0.29) is 17.0 Å². The number of esters is 1. The Hall–Kier alpha value is -0.570. The lowest BCUT2D eigenvalue weighted by Crippen LogP contribution is -2.60. The number of rotatable bonds is 3. The first-order valence-corrected chi connectivity index (χ1v) is 8.11. The van der Waals surface area contributed by atoms with Gasteiger partial charge in [-0.2, -0.15) is 0 Å². The van der Waals surface area contributed by atoms with Crippen LogP contribution >= 0.6 is 0 Å². The lowest BCUT2D eigenvalue weighted by Gasteiger charge is -2.59. The number of hydrogen-bond donors (Lipinski definition) is 1. The fourth-order valence-electron chi connectivity index (χ4n) is 5.02. The van der Waals surface area contributed by atoms with E-state index >= 15 is 0 Å². The quantitative estimate of drug-likeness (QED) is 0.806. The zero-order valence-electron chi connectivity index (χ0n) is 13.1. The highest BCUT2D eigenvalue weighted by Crippen LogP contribution is 2.58. The number of ether oxygens (including phenoxy) is 1. The van der Waals surface area contributed by atoms with Crippen LogP contribution in [-0.4, -0.2) is 22.3 Å². The maximum absolute atomic E-state index is 12.2. The highest BCUT2D eigenvalue weighted by molar-refractivity contribution is 5.70. The summed E-state index contributed by atoms with van der Waals surface area (Å²) in [6, 6.07) is 0. The molecule has 4 aliphatic rings. The van der Waals surface area contributed by atoms with E-state index in [0.29, 0.717) is 24.7 Å². The highest BCUT2D eigenvalue weighted by atomic mass is 16.6. The predicted molar refractivity (Wildman–Crippen MR) is 77.1 cm³/mol. The zero-order valence-corrected chi connectivity index (χ0v) is 13.1. The first-order valence-electron chi connectivity index (χ1n) is 8.11. The molecule has 20 heavy (non-hydrogen) atoms. The molecule has 4 fully saturated rings. The molecular formula is C17H28O3. The maximum atomic E-state index is 12.2. The lowest BCUT2D eigenvalue weighted by molar-refractivity contribution is -0.220. The maximum Gasteiger partial charge on any atom is 0.306 e. The van der Waals surface area contributed by atoms with E-state index < -0.39 is 5.60 Å². The molecule has 2 unspecified atom stereocenters. The predicted octanol–water partition coefficient (Wildman–Crippen LogP) is 3.44. The average molecular weight is 280 g/mol. The molecule has 3 heteroatoms. The molecule has 114 valence electrons. The van der Waals surface area contributed by atoms with Gasteiger partial charge < -0.3 is 9.84 Å². The molecule has 0 aromatic rings. The second-order valence-electron chi connectivity index (χ2n) is 8.90. The smallest absolute Gasteiger partial charge is 0.306 e. The van der Waals surface area contributed by atoms with Crippen molar-refractivity contribution in [3.8, 4) is 0 Å². The van der Waals surface area contributed by atoms with Gasteiger partial charge in [-0.3, -0.25) is 4.79 Å². The molecule has 0 aromatic heterocycles. The molecule has 0 amide bonds. The summed E-state index contributed by atoms with van der Waals surface area (Å²) in [5, 5.41) is 10.6. The largest absolute Gasteiger partial charge is 0.459 e. The van der Waals surface area contributed by atoms with Crippen LogP contribution in [0.25, 0.3) is 0 Å². The summed E-state index contributed by atoms with van der Waals surface area (Å²) in [7, 11) is 0. The number of carbonyl (C=O) groups excluding carboxylic acids is 1. The Balaban J connectivity index is 1.64. The summed E-state index contributed by atoms with van der Waals surface area (Å²) in [5.74, 6) is 1.07. The number of hydrogen-bond acceptors (Lipinski definition) is 3. The molecule has 4 saturated carbocycles. The fourth-order valence-corrected chi connectivity index (χ4v) is 5.02. The van der Waals surface area contributed by atoms with Gasteiger partial charge in [0.15, 0.2) is 0 Å². The van der Waals surface area contributed by atoms with E-state index in [1.165, 1.54) is 6.42 Å². The Morgan fingerprint density at radius 3 is 2.30 bits per heavy atom. The molecule has 0 spiro atoms. The van der Waals surface area contributed by atoms with Gasteiger partial charge in [-0.25, -0.2) is 0 Å². The minimum Gasteiger partial charge on any atom is -0.459 e. The monoisotopic (exact) mass is 280 g/mol. The van der Waals surface area contributed by atoms with Gasteiger partial charge >= 0.3 is 5.97 Å². The van der Waals surface area contributed by atoms with Gasteiger partial charge in [0.1, 0.15) is 5.60 Å². The van der Waals surface area contributed by atoms with Crippen LogP contribution in [0.4, 0.5) is 0 Å². The molecular weight excluding hydrogens is 252 g/mol. The second-order valence-corrected chi connectivity index (χ2v) is 8.90. The Labute approximate surface area is 122 Å². The van der Waals surface area contributed by atoms with Crippen molar-refractivity contribution in [3.63, 3.8) is 0 Å². The van der Waals surface area contributed by atoms with Crippen molar-refractivity contribution in [1.82, 2.24) is 0 Å². The summed E-state index contributed by atoms with van der Waals surface area (Å²) in [6.07, 6.45) is 7.06. The normalized spacial score (nSPS) is 42.8. The molecule has 0 aliphatic heterocycles. The van der Waals surface area contributed by atoms with E-state index in [4.69, 9.17) is 4.74 Å². The first kappa shape index (κ1) is 14.4. The Morgan fingerprint density at radius 2 is 1.80 bits per heavy atom. The van der Waals surface area contributed by atoms with Crippen molar-refractivity contribution < 1.29 is 14.6 Å². The van der Waals surface area contributed by atoms with Crippen molar-refractivity contribution >= 4 is 5.97 Å². The van der Waals surface area contributed by atoms with Gasteiger partial charge in [-0.1, -0.05) is 20.8 Å². The van der Waals surface area contributed by atoms with Gasteiger partial charge in [0.05, 0.1) is 5.60 Å². The van der Waals surface area contributed by atoms with E-state index in [0.717, 1.165) is 32.1 Å². The summed E-state index contributed by atoms with van der Waals surface area (Å²) < 4.78 is 5.91. The third-order valence-corrected chi connectivity index (χ3v) is 5.39. The molecule has 4 bridgehead atoms. The molecule has 0 aromatic carbocycles. The average Bonchev–Trinajstić information content (AvgIpc) is 2.21. The molecule has 1 N–H and O–H groups in total. The van der Waals surface area contributed by atoms with Crippen molar-refractivity contribution in [1.29, 1.82) is 0 Å². The molecule has 3 nitrogen and oxygen atoms in total. The Kier molecular flexibility index (Phi) is 3.20. The standard InChI is InChI=1S/C17H28O3/c1-15(2,3)5-4-14(18)20-17-9-12-6-13(10-17)8-16(19,7-12)11-17/h12-13,19H,4-11H2,1-3H3. The van der Waals surface area contributed by atoms with Crippen LogP contribution in [0.3, 0.4) is 0 Å². The van der Waals surface area contributed by atoms with Crippen molar-refractivity contribution in [2.75, 3.05) is 0 Å². The van der Waals surface area contributed by atoms with Crippen LogP contribution in [0.15, 0.2) is 0 Å². The molecule has 2 atom stereocenters. The van der Waals surface area contributed by atoms with Crippen LogP contribution in [0.2, 0.25) is 0 Å². The summed E-state index contributed by atoms with van der Waals surface area (Å²) >= 11 is 0.